The number of anilines is 1. The SMILES string of the molecule is O=C(CN(c1ccccc1)S(=O)(=O)c1ccc(Cl)cc1)N1CCOCC1. The Morgan fingerprint density at radius 3 is 2.27 bits per heavy atom. The van der Waals surface area contributed by atoms with E-state index in [1.165, 1.54) is 24.3 Å². The number of para-hydroxylation sites is 1. The number of carbonyl (C=O) groups excluding carboxylic acids is 1. The molecule has 0 bridgehead atoms. The minimum absolute atomic E-state index is 0.0838. The van der Waals surface area contributed by atoms with E-state index in [0.717, 1.165) is 4.31 Å². The van der Waals surface area contributed by atoms with E-state index in [9.17, 15) is 13.2 Å². The fourth-order valence-corrected chi connectivity index (χ4v) is 4.22. The van der Waals surface area contributed by atoms with Crippen molar-refractivity contribution in [3.8, 4) is 0 Å². The van der Waals surface area contributed by atoms with Gasteiger partial charge in [-0.2, -0.15) is 0 Å². The van der Waals surface area contributed by atoms with E-state index < -0.39 is 10.0 Å². The van der Waals surface area contributed by atoms with E-state index in [2.05, 4.69) is 0 Å². The van der Waals surface area contributed by atoms with Crippen LogP contribution in [0, 0.1) is 0 Å². The monoisotopic (exact) mass is 394 g/mol. The molecule has 3 rings (SSSR count). The molecule has 1 saturated heterocycles. The molecule has 26 heavy (non-hydrogen) atoms. The predicted molar refractivity (Wildman–Crippen MR) is 99.8 cm³/mol. The Kier molecular flexibility index (Phi) is 5.80. The molecule has 0 saturated carbocycles. The van der Waals surface area contributed by atoms with Crippen LogP contribution in [0.4, 0.5) is 5.69 Å². The molecular weight excluding hydrogens is 376 g/mol. The fourth-order valence-electron chi connectivity index (χ4n) is 2.68. The number of halogens is 1. The van der Waals surface area contributed by atoms with Gasteiger partial charge in [-0.3, -0.25) is 9.10 Å². The molecule has 2 aromatic rings. The second-order valence-corrected chi connectivity index (χ2v) is 8.09. The zero-order chi connectivity index (χ0) is 18.6. The van der Waals surface area contributed by atoms with Gasteiger partial charge in [0.05, 0.1) is 23.8 Å². The van der Waals surface area contributed by atoms with Crippen LogP contribution in [0.15, 0.2) is 59.5 Å². The van der Waals surface area contributed by atoms with Crippen molar-refractivity contribution in [3.63, 3.8) is 0 Å². The summed E-state index contributed by atoms with van der Waals surface area (Å²) in [5.41, 5.74) is 0.434. The molecule has 8 heteroatoms. The molecule has 1 aliphatic heterocycles. The van der Waals surface area contributed by atoms with Crippen LogP contribution in [0.5, 0.6) is 0 Å². The summed E-state index contributed by atoms with van der Waals surface area (Å²) in [5, 5.41) is 0.444. The summed E-state index contributed by atoms with van der Waals surface area (Å²) in [6.07, 6.45) is 0. The Morgan fingerprint density at radius 1 is 1.04 bits per heavy atom. The summed E-state index contributed by atoms with van der Waals surface area (Å²) in [7, 11) is -3.91. The van der Waals surface area contributed by atoms with Crippen LogP contribution >= 0.6 is 11.6 Å². The Balaban J connectivity index is 1.93. The topological polar surface area (TPSA) is 66.9 Å². The summed E-state index contributed by atoms with van der Waals surface area (Å²) < 4.78 is 32.7. The highest BCUT2D eigenvalue weighted by Gasteiger charge is 2.29. The number of morpholine rings is 1. The van der Waals surface area contributed by atoms with E-state index in [1.54, 1.807) is 35.2 Å². The van der Waals surface area contributed by atoms with Crippen molar-refractivity contribution in [2.24, 2.45) is 0 Å². The van der Waals surface area contributed by atoms with E-state index >= 15 is 0 Å². The van der Waals surface area contributed by atoms with Gasteiger partial charge in [-0.05, 0) is 36.4 Å². The molecule has 1 fully saturated rings. The molecule has 1 amide bonds. The number of ether oxygens (including phenoxy) is 1. The number of hydrogen-bond acceptors (Lipinski definition) is 4. The van der Waals surface area contributed by atoms with Crippen molar-refractivity contribution in [1.29, 1.82) is 0 Å². The lowest BCUT2D eigenvalue weighted by Crippen LogP contribution is -2.47. The number of amides is 1. The average Bonchev–Trinajstić information content (AvgIpc) is 2.67. The zero-order valence-electron chi connectivity index (χ0n) is 14.0. The first-order valence-electron chi connectivity index (χ1n) is 8.17. The maximum Gasteiger partial charge on any atom is 0.264 e. The Labute approximate surface area is 158 Å². The van der Waals surface area contributed by atoms with Gasteiger partial charge in [0.1, 0.15) is 6.54 Å². The molecule has 0 aliphatic carbocycles. The number of carbonyl (C=O) groups is 1. The number of nitrogens with zero attached hydrogens (tertiary/aromatic N) is 2. The van der Waals surface area contributed by atoms with E-state index in [1.807, 2.05) is 0 Å². The molecule has 1 heterocycles. The fraction of sp³-hybridized carbons (Fsp3) is 0.278. The summed E-state index contributed by atoms with van der Waals surface area (Å²) in [6, 6.07) is 14.5. The number of hydrogen-bond donors (Lipinski definition) is 0. The summed E-state index contributed by atoms with van der Waals surface area (Å²) in [5.74, 6) is -0.255. The Bertz CT molecular complexity index is 851. The van der Waals surface area contributed by atoms with Crippen molar-refractivity contribution < 1.29 is 17.9 Å². The van der Waals surface area contributed by atoms with Crippen LogP contribution in [0.3, 0.4) is 0 Å². The maximum absolute atomic E-state index is 13.1. The lowest BCUT2D eigenvalue weighted by molar-refractivity contribution is -0.133. The number of rotatable bonds is 5. The molecule has 0 radical (unpaired) electrons. The standard InChI is InChI=1S/C18H19ClN2O4S/c19-15-6-8-17(9-7-15)26(23,24)21(16-4-2-1-3-5-16)14-18(22)20-10-12-25-13-11-20/h1-9H,10-14H2. The quantitative estimate of drug-likeness (QED) is 0.781. The van der Waals surface area contributed by atoms with Crippen LogP contribution in [0.1, 0.15) is 0 Å². The van der Waals surface area contributed by atoms with Gasteiger partial charge in [-0.25, -0.2) is 8.42 Å². The van der Waals surface area contributed by atoms with Gasteiger partial charge in [0.2, 0.25) is 5.91 Å². The average molecular weight is 395 g/mol. The highest BCUT2D eigenvalue weighted by atomic mass is 35.5. The van der Waals surface area contributed by atoms with Crippen LogP contribution in [-0.4, -0.2) is 52.1 Å². The number of benzene rings is 2. The molecule has 0 spiro atoms. The number of sulfonamides is 1. The Hall–Kier alpha value is -2.09. The highest BCUT2D eigenvalue weighted by molar-refractivity contribution is 7.92. The Morgan fingerprint density at radius 2 is 1.65 bits per heavy atom. The van der Waals surface area contributed by atoms with Gasteiger partial charge in [-0.1, -0.05) is 29.8 Å². The van der Waals surface area contributed by atoms with Crippen LogP contribution in [0.25, 0.3) is 0 Å². The first-order valence-corrected chi connectivity index (χ1v) is 9.99. The third-order valence-electron chi connectivity index (χ3n) is 4.09. The lowest BCUT2D eigenvalue weighted by atomic mass is 10.3. The molecule has 1 aliphatic rings. The van der Waals surface area contributed by atoms with Gasteiger partial charge in [0.15, 0.2) is 0 Å². The molecule has 0 N–H and O–H groups in total. The molecule has 0 aromatic heterocycles. The van der Waals surface area contributed by atoms with Crippen molar-refractivity contribution in [2.75, 3.05) is 37.2 Å². The lowest BCUT2D eigenvalue weighted by Gasteiger charge is -2.30. The van der Waals surface area contributed by atoms with Crippen LogP contribution in [-0.2, 0) is 19.6 Å². The third kappa shape index (κ3) is 4.17. The molecule has 138 valence electrons. The molecule has 0 unspecified atom stereocenters. The molecular formula is C18H19ClN2O4S. The van der Waals surface area contributed by atoms with Gasteiger partial charge >= 0.3 is 0 Å². The minimum Gasteiger partial charge on any atom is -0.378 e. The first-order chi connectivity index (χ1) is 12.5. The zero-order valence-corrected chi connectivity index (χ0v) is 15.6. The summed E-state index contributed by atoms with van der Waals surface area (Å²) in [6.45, 7) is 1.57. The van der Waals surface area contributed by atoms with Crippen molar-refractivity contribution in [1.82, 2.24) is 4.90 Å². The van der Waals surface area contributed by atoms with Crippen molar-refractivity contribution >= 4 is 33.2 Å². The normalized spacial score (nSPS) is 14.9. The third-order valence-corrected chi connectivity index (χ3v) is 6.13. The van der Waals surface area contributed by atoms with Crippen molar-refractivity contribution in [2.45, 2.75) is 4.90 Å². The predicted octanol–water partition coefficient (Wildman–Crippen LogP) is 2.39. The van der Waals surface area contributed by atoms with Crippen molar-refractivity contribution in [3.05, 3.63) is 59.6 Å². The first kappa shape index (κ1) is 18.7. The summed E-state index contributed by atoms with van der Waals surface area (Å²) >= 11 is 5.86. The maximum atomic E-state index is 13.1. The highest BCUT2D eigenvalue weighted by Crippen LogP contribution is 2.24. The van der Waals surface area contributed by atoms with Crippen LogP contribution < -0.4 is 4.31 Å². The van der Waals surface area contributed by atoms with E-state index in [0.29, 0.717) is 37.0 Å². The van der Waals surface area contributed by atoms with Gasteiger partial charge < -0.3 is 9.64 Å². The molecule has 6 nitrogen and oxygen atoms in total. The smallest absolute Gasteiger partial charge is 0.264 e. The molecule has 0 atom stereocenters. The second kappa shape index (κ2) is 8.07. The van der Waals surface area contributed by atoms with E-state index in [-0.39, 0.29) is 17.3 Å². The molecule has 2 aromatic carbocycles. The van der Waals surface area contributed by atoms with Crippen LogP contribution in [0.2, 0.25) is 5.02 Å². The van der Waals surface area contributed by atoms with Gasteiger partial charge in [-0.15, -0.1) is 0 Å². The largest absolute Gasteiger partial charge is 0.378 e. The summed E-state index contributed by atoms with van der Waals surface area (Å²) in [4.78, 5) is 14.4. The van der Waals surface area contributed by atoms with Gasteiger partial charge in [0, 0.05) is 18.1 Å². The minimum atomic E-state index is -3.91. The van der Waals surface area contributed by atoms with Gasteiger partial charge in [0.25, 0.3) is 10.0 Å². The van der Waals surface area contributed by atoms with E-state index in [4.69, 9.17) is 16.3 Å². The second-order valence-electron chi connectivity index (χ2n) is 5.79.